The van der Waals surface area contributed by atoms with Gasteiger partial charge >= 0.3 is 5.97 Å². The third kappa shape index (κ3) is 4.32. The van der Waals surface area contributed by atoms with Crippen molar-refractivity contribution in [1.29, 1.82) is 0 Å². The van der Waals surface area contributed by atoms with E-state index < -0.39 is 0 Å². The second kappa shape index (κ2) is 8.87. The zero-order valence-corrected chi connectivity index (χ0v) is 19.5. The van der Waals surface area contributed by atoms with Gasteiger partial charge in [0.05, 0.1) is 5.52 Å². The van der Waals surface area contributed by atoms with Gasteiger partial charge in [0, 0.05) is 60.5 Å². The Kier molecular flexibility index (Phi) is 5.57. The number of esters is 1. The Labute approximate surface area is 198 Å². The van der Waals surface area contributed by atoms with Crippen LogP contribution in [0.5, 0.6) is 0 Å². The van der Waals surface area contributed by atoms with Crippen molar-refractivity contribution < 1.29 is 9.53 Å². The predicted molar refractivity (Wildman–Crippen MR) is 130 cm³/mol. The lowest BCUT2D eigenvalue weighted by molar-refractivity contribution is -0.143. The first-order valence-electron chi connectivity index (χ1n) is 12.4. The van der Waals surface area contributed by atoms with Crippen molar-refractivity contribution in [2.75, 3.05) is 17.2 Å². The molecule has 0 saturated carbocycles. The van der Waals surface area contributed by atoms with Crippen LogP contribution in [0, 0.1) is 6.92 Å². The number of carbonyl (C=O) groups is 1. The van der Waals surface area contributed by atoms with E-state index in [1.807, 2.05) is 31.3 Å². The molecule has 3 aromatic rings. The molecule has 3 fully saturated rings. The van der Waals surface area contributed by atoms with E-state index >= 15 is 0 Å². The number of nitrogens with zero attached hydrogens (tertiary/aromatic N) is 4. The van der Waals surface area contributed by atoms with Crippen molar-refractivity contribution in [1.82, 2.24) is 25.1 Å². The van der Waals surface area contributed by atoms with Crippen molar-refractivity contribution in [3.63, 3.8) is 0 Å². The first-order chi connectivity index (χ1) is 16.6. The van der Waals surface area contributed by atoms with Gasteiger partial charge in [0.1, 0.15) is 17.7 Å². The van der Waals surface area contributed by atoms with E-state index in [2.05, 4.69) is 36.8 Å². The summed E-state index contributed by atoms with van der Waals surface area (Å²) in [5.41, 5.74) is 1.89. The average molecular weight is 462 g/mol. The summed E-state index contributed by atoms with van der Waals surface area (Å²) in [5, 5.41) is 15.3. The van der Waals surface area contributed by atoms with Crippen LogP contribution in [0.1, 0.15) is 50.6 Å². The van der Waals surface area contributed by atoms with E-state index in [0.29, 0.717) is 24.5 Å². The van der Waals surface area contributed by atoms with Crippen molar-refractivity contribution in [2.45, 2.75) is 76.1 Å². The van der Waals surface area contributed by atoms with Crippen LogP contribution in [-0.4, -0.2) is 61.8 Å². The first-order valence-corrected chi connectivity index (χ1v) is 12.4. The highest BCUT2D eigenvalue weighted by Gasteiger charge is 2.40. The highest BCUT2D eigenvalue weighted by atomic mass is 16.5. The molecule has 2 bridgehead atoms. The smallest absolute Gasteiger partial charge is 0.306 e. The number of aromatic nitrogens is 4. The van der Waals surface area contributed by atoms with E-state index in [4.69, 9.17) is 9.72 Å². The molecule has 0 spiro atoms. The largest absolute Gasteiger partial charge is 0.461 e. The molecule has 0 aliphatic carbocycles. The molecule has 0 aromatic carbocycles. The standard InChI is InChI=1S/C25H31N7O2/c1-15-10-23(31-30-15)28-22-13-21-20(6-3-9-26-21)25(29-22)27-16-11-17-4-2-5-18(12-16)32(17)14-19-7-8-24(33)34-19/h3,6,9-10,13,16-19H,2,4-5,7-8,11-12,14H2,1H3,(H3,27,28,29,30,31)/t16?,17-,18+,19-/m1/s1. The summed E-state index contributed by atoms with van der Waals surface area (Å²) < 4.78 is 5.54. The number of hydrogen-bond donors (Lipinski definition) is 3. The Bertz CT molecular complexity index is 1180. The van der Waals surface area contributed by atoms with Crippen molar-refractivity contribution in [2.24, 2.45) is 0 Å². The number of rotatable bonds is 6. The van der Waals surface area contributed by atoms with Gasteiger partial charge in [0.15, 0.2) is 5.82 Å². The lowest BCUT2D eigenvalue weighted by Gasteiger charge is -2.49. The van der Waals surface area contributed by atoms with Gasteiger partial charge in [0.2, 0.25) is 0 Å². The lowest BCUT2D eigenvalue weighted by atomic mass is 9.81. The molecule has 1 unspecified atom stereocenters. The zero-order chi connectivity index (χ0) is 23.1. The van der Waals surface area contributed by atoms with Crippen LogP contribution in [0.3, 0.4) is 0 Å². The van der Waals surface area contributed by atoms with Crippen LogP contribution in [0.15, 0.2) is 30.5 Å². The number of carbonyl (C=O) groups excluding carboxylic acids is 1. The predicted octanol–water partition coefficient (Wildman–Crippen LogP) is 3.91. The van der Waals surface area contributed by atoms with E-state index in [1.54, 1.807) is 0 Å². The van der Waals surface area contributed by atoms with Gasteiger partial charge in [-0.2, -0.15) is 5.10 Å². The Balaban J connectivity index is 1.21. The second-order valence-corrected chi connectivity index (χ2v) is 9.89. The van der Waals surface area contributed by atoms with Gasteiger partial charge in [-0.15, -0.1) is 0 Å². The molecule has 4 atom stereocenters. The molecule has 0 amide bonds. The first kappa shape index (κ1) is 21.3. The van der Waals surface area contributed by atoms with Gasteiger partial charge in [-0.25, -0.2) is 4.98 Å². The molecule has 3 aliphatic heterocycles. The van der Waals surface area contributed by atoms with Crippen LogP contribution in [-0.2, 0) is 9.53 Å². The zero-order valence-electron chi connectivity index (χ0n) is 19.5. The van der Waals surface area contributed by atoms with Crippen LogP contribution >= 0.6 is 0 Å². The Morgan fingerprint density at radius 2 is 2.03 bits per heavy atom. The number of hydrogen-bond acceptors (Lipinski definition) is 8. The van der Waals surface area contributed by atoms with Gasteiger partial charge < -0.3 is 15.4 Å². The monoisotopic (exact) mass is 461 g/mol. The number of ether oxygens (including phenoxy) is 1. The molecule has 6 rings (SSSR count). The topological polar surface area (TPSA) is 108 Å². The number of cyclic esters (lactones) is 1. The Hall–Kier alpha value is -3.20. The number of piperidine rings is 2. The molecular weight excluding hydrogens is 430 g/mol. The molecule has 0 radical (unpaired) electrons. The fraction of sp³-hybridized carbons (Fsp3) is 0.520. The van der Waals surface area contributed by atoms with Crippen molar-refractivity contribution in [3.8, 4) is 0 Å². The number of H-pyrrole nitrogens is 1. The number of pyridine rings is 2. The maximum absolute atomic E-state index is 11.6. The molecule has 3 saturated heterocycles. The average Bonchev–Trinajstić information content (AvgIpc) is 3.41. The normalized spacial score (nSPS) is 27.0. The molecule has 9 heteroatoms. The molecule has 34 heavy (non-hydrogen) atoms. The third-order valence-corrected chi connectivity index (χ3v) is 7.41. The third-order valence-electron chi connectivity index (χ3n) is 7.41. The highest BCUT2D eigenvalue weighted by Crippen LogP contribution is 2.37. The van der Waals surface area contributed by atoms with Gasteiger partial charge in [-0.3, -0.25) is 19.8 Å². The summed E-state index contributed by atoms with van der Waals surface area (Å²) >= 11 is 0. The molecule has 9 nitrogen and oxygen atoms in total. The van der Waals surface area contributed by atoms with E-state index in [-0.39, 0.29) is 12.1 Å². The van der Waals surface area contributed by atoms with E-state index in [1.165, 1.54) is 19.3 Å². The molecule has 3 N–H and O–H groups in total. The highest BCUT2D eigenvalue weighted by molar-refractivity contribution is 5.91. The minimum absolute atomic E-state index is 0.0447. The Morgan fingerprint density at radius 3 is 2.76 bits per heavy atom. The van der Waals surface area contributed by atoms with E-state index in [0.717, 1.165) is 59.9 Å². The number of nitrogens with one attached hydrogen (secondary N) is 3. The molecular formula is C25H31N7O2. The fourth-order valence-corrected chi connectivity index (χ4v) is 5.90. The van der Waals surface area contributed by atoms with Gasteiger partial charge in [-0.1, -0.05) is 6.42 Å². The number of aryl methyl sites for hydroxylation is 1. The SMILES string of the molecule is Cc1cc(Nc2cc3ncccc3c(NC3C[C@H]4CCC[C@@H](C3)N4C[C@H]3CCC(=O)O3)n2)n[nH]1. The summed E-state index contributed by atoms with van der Waals surface area (Å²) in [4.78, 5) is 23.7. The van der Waals surface area contributed by atoms with Gasteiger partial charge in [0.25, 0.3) is 0 Å². The minimum atomic E-state index is -0.0447. The molecule has 6 heterocycles. The summed E-state index contributed by atoms with van der Waals surface area (Å²) in [7, 11) is 0. The molecule has 3 aromatic heterocycles. The summed E-state index contributed by atoms with van der Waals surface area (Å²) in [6.45, 7) is 2.85. The minimum Gasteiger partial charge on any atom is -0.461 e. The maximum atomic E-state index is 11.6. The van der Waals surface area contributed by atoms with Crippen molar-refractivity contribution >= 4 is 34.3 Å². The molecule has 178 valence electrons. The Morgan fingerprint density at radius 1 is 1.18 bits per heavy atom. The lowest BCUT2D eigenvalue weighted by Crippen LogP contribution is -2.56. The maximum Gasteiger partial charge on any atom is 0.306 e. The second-order valence-electron chi connectivity index (χ2n) is 9.89. The van der Waals surface area contributed by atoms with Crippen LogP contribution < -0.4 is 10.6 Å². The summed E-state index contributed by atoms with van der Waals surface area (Å²) in [5.74, 6) is 2.28. The van der Waals surface area contributed by atoms with Crippen molar-refractivity contribution in [3.05, 3.63) is 36.2 Å². The van der Waals surface area contributed by atoms with Crippen LogP contribution in [0.25, 0.3) is 10.9 Å². The number of fused-ring (bicyclic) bond motifs is 3. The quantitative estimate of drug-likeness (QED) is 0.474. The number of aromatic amines is 1. The van der Waals surface area contributed by atoms with Crippen LogP contribution in [0.2, 0.25) is 0 Å². The molecule has 3 aliphatic rings. The van der Waals surface area contributed by atoms with Gasteiger partial charge in [-0.05, 0) is 51.2 Å². The number of anilines is 3. The fourth-order valence-electron chi connectivity index (χ4n) is 5.90. The van der Waals surface area contributed by atoms with E-state index in [9.17, 15) is 4.79 Å². The van der Waals surface area contributed by atoms with Crippen LogP contribution in [0.4, 0.5) is 17.5 Å². The summed E-state index contributed by atoms with van der Waals surface area (Å²) in [6, 6.07) is 9.32. The summed E-state index contributed by atoms with van der Waals surface area (Å²) in [6.07, 6.45) is 9.10.